The number of carbonyl (C=O) groups excluding carboxylic acids is 2. The molecule has 6 nitrogen and oxygen atoms in total. The number of halogens is 2. The highest BCUT2D eigenvalue weighted by atomic mass is 79.9. The van der Waals surface area contributed by atoms with Gasteiger partial charge >= 0.3 is 12.2 Å². The van der Waals surface area contributed by atoms with Crippen LogP contribution in [0.5, 0.6) is 0 Å². The summed E-state index contributed by atoms with van der Waals surface area (Å²) in [4.78, 5) is 27.1. The fraction of sp³-hybridized carbons (Fsp3) is 0.600. The number of benzene rings is 1. The maximum atomic E-state index is 12.8. The van der Waals surface area contributed by atoms with Crippen LogP contribution in [0, 0.1) is 5.41 Å². The van der Waals surface area contributed by atoms with E-state index in [0.29, 0.717) is 15.2 Å². The van der Waals surface area contributed by atoms with Crippen molar-refractivity contribution in [2.24, 2.45) is 5.41 Å². The van der Waals surface area contributed by atoms with Crippen molar-refractivity contribution in [2.75, 3.05) is 5.32 Å². The Morgan fingerprint density at radius 3 is 2.43 bits per heavy atom. The molecule has 3 atom stereocenters. The summed E-state index contributed by atoms with van der Waals surface area (Å²) in [6, 6.07) is 5.52. The van der Waals surface area contributed by atoms with Crippen molar-refractivity contribution in [3.8, 4) is 0 Å². The van der Waals surface area contributed by atoms with Crippen molar-refractivity contribution in [1.82, 2.24) is 4.90 Å². The molecular formula is C20H26BrClN2O4. The highest BCUT2D eigenvalue weighted by molar-refractivity contribution is 9.10. The molecule has 1 N–H and O–H groups in total. The minimum Gasteiger partial charge on any atom is -0.408 e. The van der Waals surface area contributed by atoms with Gasteiger partial charge in [-0.3, -0.25) is 5.32 Å². The SMILES string of the molecule is CC(C)(C)C(OC(=O)Nc1cc(Cl)ccc1Br)OC(=O)N1C2CCCC1CC2. The minimum absolute atomic E-state index is 0.239. The number of amides is 2. The van der Waals surface area contributed by atoms with E-state index in [4.69, 9.17) is 21.1 Å². The minimum atomic E-state index is -1.01. The van der Waals surface area contributed by atoms with E-state index in [2.05, 4.69) is 21.2 Å². The summed E-state index contributed by atoms with van der Waals surface area (Å²) >= 11 is 9.34. The third kappa shape index (κ3) is 4.92. The van der Waals surface area contributed by atoms with Crippen molar-refractivity contribution >= 4 is 45.4 Å². The lowest BCUT2D eigenvalue weighted by atomic mass is 9.96. The summed E-state index contributed by atoms with van der Waals surface area (Å²) in [5.74, 6) is 0. The lowest BCUT2D eigenvalue weighted by molar-refractivity contribution is -0.129. The Morgan fingerprint density at radius 2 is 1.82 bits per heavy atom. The van der Waals surface area contributed by atoms with Gasteiger partial charge in [0.15, 0.2) is 0 Å². The topological polar surface area (TPSA) is 67.9 Å². The monoisotopic (exact) mass is 472 g/mol. The number of piperidine rings is 1. The largest absolute Gasteiger partial charge is 0.414 e. The zero-order chi connectivity index (χ0) is 20.5. The second-order valence-electron chi connectivity index (χ2n) is 8.46. The molecule has 2 saturated heterocycles. The molecule has 0 aliphatic carbocycles. The first-order valence-electron chi connectivity index (χ1n) is 9.57. The standard InChI is InChI=1S/C20H26BrClN2O4/c1-20(2,3)17(27-18(25)23-16-11-12(22)7-10-15(16)21)28-19(26)24-13-5-4-6-14(24)9-8-13/h7,10-11,13-14,17H,4-6,8-9H2,1-3H3,(H,23,25). The van der Waals surface area contributed by atoms with E-state index in [1.165, 1.54) is 0 Å². The molecule has 28 heavy (non-hydrogen) atoms. The van der Waals surface area contributed by atoms with Crippen LogP contribution in [0.25, 0.3) is 0 Å². The molecule has 2 aliphatic rings. The molecule has 0 saturated carbocycles. The smallest absolute Gasteiger partial charge is 0.408 e. The molecule has 0 spiro atoms. The van der Waals surface area contributed by atoms with Gasteiger partial charge in [-0.1, -0.05) is 32.4 Å². The zero-order valence-electron chi connectivity index (χ0n) is 16.3. The second kappa shape index (κ2) is 8.49. The number of fused-ring (bicyclic) bond motifs is 2. The molecule has 1 aromatic rings. The molecule has 3 unspecified atom stereocenters. The Labute approximate surface area is 179 Å². The van der Waals surface area contributed by atoms with Gasteiger partial charge < -0.3 is 14.4 Å². The van der Waals surface area contributed by atoms with Gasteiger partial charge in [0.05, 0.1) is 5.69 Å². The molecule has 1 aromatic carbocycles. The summed E-state index contributed by atoms with van der Waals surface area (Å²) in [6.07, 6.45) is 3.08. The molecule has 3 rings (SSSR count). The number of rotatable bonds is 3. The highest BCUT2D eigenvalue weighted by Crippen LogP contribution is 2.37. The van der Waals surface area contributed by atoms with Crippen LogP contribution < -0.4 is 5.32 Å². The van der Waals surface area contributed by atoms with Crippen LogP contribution in [0.2, 0.25) is 5.02 Å². The number of nitrogens with one attached hydrogen (secondary N) is 1. The number of hydrogen-bond donors (Lipinski definition) is 1. The molecule has 2 aliphatic heterocycles. The van der Waals surface area contributed by atoms with E-state index >= 15 is 0 Å². The van der Waals surface area contributed by atoms with E-state index in [1.807, 2.05) is 25.7 Å². The maximum absolute atomic E-state index is 12.8. The molecular weight excluding hydrogens is 448 g/mol. The van der Waals surface area contributed by atoms with Crippen LogP contribution in [-0.2, 0) is 9.47 Å². The van der Waals surface area contributed by atoms with Gasteiger partial charge in [0.2, 0.25) is 0 Å². The van der Waals surface area contributed by atoms with Crippen molar-refractivity contribution in [3.63, 3.8) is 0 Å². The van der Waals surface area contributed by atoms with E-state index in [-0.39, 0.29) is 12.1 Å². The number of anilines is 1. The quantitative estimate of drug-likeness (QED) is 0.532. The molecule has 2 heterocycles. The number of hydrogen-bond acceptors (Lipinski definition) is 4. The normalized spacial score (nSPS) is 22.5. The van der Waals surface area contributed by atoms with Crippen molar-refractivity contribution in [2.45, 2.75) is 71.2 Å². The lowest BCUT2D eigenvalue weighted by Gasteiger charge is -2.37. The van der Waals surface area contributed by atoms with Crippen LogP contribution in [0.3, 0.4) is 0 Å². The Bertz CT molecular complexity index is 736. The zero-order valence-corrected chi connectivity index (χ0v) is 18.7. The summed E-state index contributed by atoms with van der Waals surface area (Å²) in [6.45, 7) is 5.58. The number of ether oxygens (including phenoxy) is 2. The first-order chi connectivity index (χ1) is 13.1. The summed E-state index contributed by atoms with van der Waals surface area (Å²) in [5.41, 5.74) is -0.0986. The Balaban J connectivity index is 1.66. The third-order valence-corrected chi connectivity index (χ3v) is 6.13. The molecule has 154 valence electrons. The lowest BCUT2D eigenvalue weighted by Crippen LogP contribution is -2.47. The molecule has 2 amide bonds. The highest BCUT2D eigenvalue weighted by Gasteiger charge is 2.43. The summed E-state index contributed by atoms with van der Waals surface area (Å²) < 4.78 is 11.8. The Morgan fingerprint density at radius 1 is 1.18 bits per heavy atom. The van der Waals surface area contributed by atoms with Crippen LogP contribution in [-0.4, -0.2) is 35.5 Å². The summed E-state index contributed by atoms with van der Waals surface area (Å²) in [7, 11) is 0. The van der Waals surface area contributed by atoms with Crippen LogP contribution in [0.4, 0.5) is 15.3 Å². The molecule has 8 heteroatoms. The third-order valence-electron chi connectivity index (χ3n) is 5.20. The van der Waals surface area contributed by atoms with Gasteiger partial charge in [-0.2, -0.15) is 0 Å². The Kier molecular flexibility index (Phi) is 6.44. The summed E-state index contributed by atoms with van der Waals surface area (Å²) in [5, 5.41) is 3.12. The Hall–Kier alpha value is -1.47. The fourth-order valence-electron chi connectivity index (χ4n) is 3.78. The van der Waals surface area contributed by atoms with Gasteiger partial charge in [0.25, 0.3) is 6.29 Å². The molecule has 2 bridgehead atoms. The van der Waals surface area contributed by atoms with Gasteiger partial charge in [0, 0.05) is 27.0 Å². The van der Waals surface area contributed by atoms with Crippen LogP contribution in [0.1, 0.15) is 52.9 Å². The average Bonchev–Trinajstić information content (AvgIpc) is 2.86. The predicted molar refractivity (Wildman–Crippen MR) is 111 cm³/mol. The van der Waals surface area contributed by atoms with E-state index in [9.17, 15) is 9.59 Å². The van der Waals surface area contributed by atoms with Crippen molar-refractivity contribution < 1.29 is 19.1 Å². The fourth-order valence-corrected chi connectivity index (χ4v) is 4.29. The van der Waals surface area contributed by atoms with Gasteiger partial charge in [-0.25, -0.2) is 9.59 Å². The van der Waals surface area contributed by atoms with E-state index in [1.54, 1.807) is 18.2 Å². The van der Waals surface area contributed by atoms with E-state index in [0.717, 1.165) is 32.1 Å². The van der Waals surface area contributed by atoms with E-state index < -0.39 is 23.9 Å². The van der Waals surface area contributed by atoms with Crippen molar-refractivity contribution in [1.29, 1.82) is 0 Å². The van der Waals surface area contributed by atoms with Gasteiger partial charge in [-0.15, -0.1) is 0 Å². The predicted octanol–water partition coefficient (Wildman–Crippen LogP) is 6.18. The first-order valence-corrected chi connectivity index (χ1v) is 10.7. The maximum Gasteiger partial charge on any atom is 0.414 e. The van der Waals surface area contributed by atoms with Crippen LogP contribution >= 0.6 is 27.5 Å². The molecule has 2 fully saturated rings. The average molecular weight is 474 g/mol. The number of nitrogens with zero attached hydrogens (tertiary/aromatic N) is 1. The second-order valence-corrected chi connectivity index (χ2v) is 9.75. The number of carbonyl (C=O) groups is 2. The first kappa shape index (κ1) is 21.2. The van der Waals surface area contributed by atoms with Gasteiger partial charge in [-0.05, 0) is 66.2 Å². The van der Waals surface area contributed by atoms with Crippen LogP contribution in [0.15, 0.2) is 22.7 Å². The molecule has 0 radical (unpaired) electrons. The van der Waals surface area contributed by atoms with Gasteiger partial charge in [0.1, 0.15) is 0 Å². The molecule has 0 aromatic heterocycles. The van der Waals surface area contributed by atoms with Crippen molar-refractivity contribution in [3.05, 3.63) is 27.7 Å².